The Morgan fingerprint density at radius 2 is 1.87 bits per heavy atom. The molecule has 0 bridgehead atoms. The van der Waals surface area contributed by atoms with Crippen molar-refractivity contribution in [3.05, 3.63) is 66.3 Å². The minimum absolute atomic E-state index is 0.135. The zero-order chi connectivity index (χ0) is 15.9. The summed E-state index contributed by atoms with van der Waals surface area (Å²) in [6.07, 6.45) is 3.82. The Kier molecular flexibility index (Phi) is 5.00. The minimum Gasteiger partial charge on any atom is -0.416 e. The van der Waals surface area contributed by atoms with Crippen molar-refractivity contribution in [3.8, 4) is 0 Å². The first kappa shape index (κ1) is 15.2. The van der Waals surface area contributed by atoms with Crippen LogP contribution in [0.5, 0.6) is 0 Å². The fourth-order valence-electron chi connectivity index (χ4n) is 1.90. The van der Waals surface area contributed by atoms with Gasteiger partial charge in [-0.3, -0.25) is 9.78 Å². The summed E-state index contributed by atoms with van der Waals surface area (Å²) in [4.78, 5) is 15.7. The van der Waals surface area contributed by atoms with E-state index < -0.39 is 0 Å². The highest BCUT2D eigenvalue weighted by Crippen LogP contribution is 2.18. The van der Waals surface area contributed by atoms with Gasteiger partial charge in [0.1, 0.15) is 0 Å². The summed E-state index contributed by atoms with van der Waals surface area (Å²) in [7, 11) is 0. The number of pyridine rings is 1. The number of nitrogens with one attached hydrogen (secondary N) is 1. The maximum absolute atomic E-state index is 11.8. The Morgan fingerprint density at radius 3 is 2.65 bits per heavy atom. The lowest BCUT2D eigenvalue weighted by Gasteiger charge is -2.02. The van der Waals surface area contributed by atoms with Crippen LogP contribution in [0.1, 0.15) is 11.5 Å². The molecule has 0 atom stereocenters. The third-order valence-corrected chi connectivity index (χ3v) is 3.76. The number of carbonyl (C=O) groups is 1. The first-order valence-corrected chi connectivity index (χ1v) is 7.97. The van der Waals surface area contributed by atoms with Gasteiger partial charge in [0.15, 0.2) is 0 Å². The highest BCUT2D eigenvalue weighted by atomic mass is 32.2. The molecule has 0 unspecified atom stereocenters. The van der Waals surface area contributed by atoms with E-state index in [1.807, 2.05) is 30.3 Å². The second-order valence-corrected chi connectivity index (χ2v) is 5.62. The van der Waals surface area contributed by atoms with Gasteiger partial charge in [-0.05, 0) is 17.7 Å². The van der Waals surface area contributed by atoms with Crippen LogP contribution >= 0.6 is 11.8 Å². The summed E-state index contributed by atoms with van der Waals surface area (Å²) < 4.78 is 5.54. The summed E-state index contributed by atoms with van der Waals surface area (Å²) in [5.74, 6) is 0.604. The molecular formula is C16H14N4O2S. The van der Waals surface area contributed by atoms with E-state index in [9.17, 15) is 4.79 Å². The Morgan fingerprint density at radius 1 is 1.09 bits per heavy atom. The molecule has 0 fully saturated rings. The molecule has 0 saturated heterocycles. The van der Waals surface area contributed by atoms with Crippen molar-refractivity contribution in [3.63, 3.8) is 0 Å². The fourth-order valence-corrected chi connectivity index (χ4v) is 2.48. The average Bonchev–Trinajstić information content (AvgIpc) is 3.02. The standard InChI is InChI=1S/C16H14N4O2S/c21-14(18-13-6-8-17-9-7-13)11-23-16-20-19-15(22-16)10-12-4-2-1-3-5-12/h1-9H,10-11H2,(H,17,18,21). The predicted molar refractivity (Wildman–Crippen MR) is 87.1 cm³/mol. The summed E-state index contributed by atoms with van der Waals surface area (Å²) in [5.41, 5.74) is 1.81. The predicted octanol–water partition coefficient (Wildman–Crippen LogP) is 2.79. The van der Waals surface area contributed by atoms with E-state index in [2.05, 4.69) is 20.5 Å². The molecule has 0 radical (unpaired) electrons. The molecule has 1 N–H and O–H groups in total. The van der Waals surface area contributed by atoms with E-state index in [-0.39, 0.29) is 11.7 Å². The van der Waals surface area contributed by atoms with Crippen LogP contribution in [0, 0.1) is 0 Å². The molecule has 1 amide bonds. The number of aromatic nitrogens is 3. The van der Waals surface area contributed by atoms with E-state index in [1.165, 1.54) is 11.8 Å². The number of amides is 1. The lowest BCUT2D eigenvalue weighted by molar-refractivity contribution is -0.113. The number of thioether (sulfide) groups is 1. The topological polar surface area (TPSA) is 80.9 Å². The largest absolute Gasteiger partial charge is 0.416 e. The maximum atomic E-state index is 11.8. The van der Waals surface area contributed by atoms with Gasteiger partial charge in [-0.1, -0.05) is 42.1 Å². The number of benzene rings is 1. The number of anilines is 1. The van der Waals surface area contributed by atoms with Crippen LogP contribution < -0.4 is 5.32 Å². The van der Waals surface area contributed by atoms with Gasteiger partial charge in [-0.15, -0.1) is 10.2 Å². The Labute approximate surface area is 137 Å². The fraction of sp³-hybridized carbons (Fsp3) is 0.125. The third kappa shape index (κ3) is 4.65. The summed E-state index contributed by atoms with van der Waals surface area (Å²) in [6, 6.07) is 13.3. The van der Waals surface area contributed by atoms with E-state index in [0.29, 0.717) is 23.2 Å². The van der Waals surface area contributed by atoms with Crippen molar-refractivity contribution < 1.29 is 9.21 Å². The molecule has 23 heavy (non-hydrogen) atoms. The highest BCUT2D eigenvalue weighted by Gasteiger charge is 2.10. The van der Waals surface area contributed by atoms with Crippen LogP contribution in [0.25, 0.3) is 0 Å². The molecule has 2 heterocycles. The van der Waals surface area contributed by atoms with Gasteiger partial charge in [0.2, 0.25) is 11.8 Å². The second kappa shape index (κ2) is 7.55. The number of rotatable bonds is 6. The molecule has 6 nitrogen and oxygen atoms in total. The number of hydrogen-bond donors (Lipinski definition) is 1. The Hall–Kier alpha value is -2.67. The molecule has 116 valence electrons. The van der Waals surface area contributed by atoms with Gasteiger partial charge in [-0.2, -0.15) is 0 Å². The first-order chi connectivity index (χ1) is 11.3. The normalized spacial score (nSPS) is 10.4. The van der Waals surface area contributed by atoms with E-state index in [4.69, 9.17) is 4.42 Å². The molecule has 3 rings (SSSR count). The van der Waals surface area contributed by atoms with Crippen molar-refractivity contribution in [1.82, 2.24) is 15.2 Å². The summed E-state index contributed by atoms with van der Waals surface area (Å²) in [5, 5.41) is 11.1. The van der Waals surface area contributed by atoms with Gasteiger partial charge >= 0.3 is 0 Å². The van der Waals surface area contributed by atoms with Gasteiger partial charge in [-0.25, -0.2) is 0 Å². The molecule has 7 heteroatoms. The van der Waals surface area contributed by atoms with Crippen molar-refractivity contribution >= 4 is 23.4 Å². The van der Waals surface area contributed by atoms with E-state index in [1.54, 1.807) is 24.5 Å². The molecule has 0 saturated carbocycles. The molecule has 3 aromatic rings. The monoisotopic (exact) mass is 326 g/mol. The van der Waals surface area contributed by atoms with Crippen LogP contribution in [0.15, 0.2) is 64.5 Å². The van der Waals surface area contributed by atoms with Crippen LogP contribution in [0.4, 0.5) is 5.69 Å². The van der Waals surface area contributed by atoms with E-state index in [0.717, 1.165) is 5.56 Å². The average molecular weight is 326 g/mol. The quantitative estimate of drug-likeness (QED) is 0.702. The molecule has 0 aliphatic carbocycles. The Balaban J connectivity index is 1.50. The molecule has 0 aliphatic rings. The van der Waals surface area contributed by atoms with Crippen LogP contribution in [-0.4, -0.2) is 26.8 Å². The smallest absolute Gasteiger partial charge is 0.277 e. The minimum atomic E-state index is -0.135. The first-order valence-electron chi connectivity index (χ1n) is 6.98. The summed E-state index contributed by atoms with van der Waals surface area (Å²) in [6.45, 7) is 0. The zero-order valence-corrected chi connectivity index (χ0v) is 13.0. The van der Waals surface area contributed by atoms with Crippen molar-refractivity contribution in [2.24, 2.45) is 0 Å². The van der Waals surface area contributed by atoms with Gasteiger partial charge in [0, 0.05) is 18.1 Å². The zero-order valence-electron chi connectivity index (χ0n) is 12.2. The Bertz CT molecular complexity index is 762. The molecule has 2 aromatic heterocycles. The van der Waals surface area contributed by atoms with Crippen molar-refractivity contribution in [1.29, 1.82) is 0 Å². The maximum Gasteiger partial charge on any atom is 0.277 e. The summed E-state index contributed by atoms with van der Waals surface area (Å²) >= 11 is 1.21. The third-order valence-electron chi connectivity index (χ3n) is 2.94. The van der Waals surface area contributed by atoms with Crippen molar-refractivity contribution in [2.45, 2.75) is 11.6 Å². The van der Waals surface area contributed by atoms with Crippen molar-refractivity contribution in [2.75, 3.05) is 11.1 Å². The van der Waals surface area contributed by atoms with Gasteiger partial charge < -0.3 is 9.73 Å². The highest BCUT2D eigenvalue weighted by molar-refractivity contribution is 7.99. The molecular weight excluding hydrogens is 312 g/mol. The van der Waals surface area contributed by atoms with Crippen LogP contribution in [0.3, 0.4) is 0 Å². The molecule has 0 spiro atoms. The number of carbonyl (C=O) groups excluding carboxylic acids is 1. The van der Waals surface area contributed by atoms with Gasteiger partial charge in [0.25, 0.3) is 5.22 Å². The number of nitrogens with zero attached hydrogens (tertiary/aromatic N) is 3. The van der Waals surface area contributed by atoms with Crippen LogP contribution in [0.2, 0.25) is 0 Å². The molecule has 0 aliphatic heterocycles. The SMILES string of the molecule is O=C(CSc1nnc(Cc2ccccc2)o1)Nc1ccncc1. The van der Waals surface area contributed by atoms with E-state index >= 15 is 0 Å². The number of hydrogen-bond acceptors (Lipinski definition) is 6. The molecule has 1 aromatic carbocycles. The lowest BCUT2D eigenvalue weighted by Crippen LogP contribution is -2.13. The van der Waals surface area contributed by atoms with Gasteiger partial charge in [0.05, 0.1) is 12.2 Å². The second-order valence-electron chi connectivity index (χ2n) is 4.70. The lowest BCUT2D eigenvalue weighted by atomic mass is 10.2. The van der Waals surface area contributed by atoms with Crippen LogP contribution in [-0.2, 0) is 11.2 Å².